The summed E-state index contributed by atoms with van der Waals surface area (Å²) < 4.78 is 26.6. The van der Waals surface area contributed by atoms with E-state index < -0.39 is 34.1 Å². The maximum atomic E-state index is 14.0. The summed E-state index contributed by atoms with van der Waals surface area (Å²) in [5.74, 6) is -0.925. The van der Waals surface area contributed by atoms with Gasteiger partial charge < -0.3 is 10.2 Å². The summed E-state index contributed by atoms with van der Waals surface area (Å²) in [6.45, 7) is 5.04. The van der Waals surface area contributed by atoms with E-state index in [1.54, 1.807) is 42.5 Å². The summed E-state index contributed by atoms with van der Waals surface area (Å²) in [6, 6.07) is 21.7. The number of amides is 2. The van der Waals surface area contributed by atoms with Crippen LogP contribution in [0.15, 0.2) is 78.9 Å². The van der Waals surface area contributed by atoms with Crippen molar-refractivity contribution >= 4 is 50.7 Å². The summed E-state index contributed by atoms with van der Waals surface area (Å²) in [6.07, 6.45) is 1.24. The number of benzene rings is 3. The summed E-state index contributed by atoms with van der Waals surface area (Å²) in [7, 11) is -3.88. The lowest BCUT2D eigenvalue weighted by molar-refractivity contribution is -0.140. The molecule has 10 heteroatoms. The van der Waals surface area contributed by atoms with Crippen molar-refractivity contribution in [1.29, 1.82) is 0 Å². The standard InChI is InChI=1S/C29H33Cl2N3O4S/c1-29(2,3)32-28(36)26(17-21-11-6-5-7-12-21)33(19-22-13-8-9-16-25(22)31)27(35)20-34(39(4,37)38)24-15-10-14-23(30)18-24/h5-16,18,26H,17,19-20H2,1-4H3,(H,32,36)/t26-/m1/s1. The van der Waals surface area contributed by atoms with E-state index in [2.05, 4.69) is 5.32 Å². The molecule has 0 aliphatic heterocycles. The van der Waals surface area contributed by atoms with Crippen molar-refractivity contribution in [3.05, 3.63) is 100 Å². The fourth-order valence-electron chi connectivity index (χ4n) is 4.06. The van der Waals surface area contributed by atoms with Gasteiger partial charge in [0.05, 0.1) is 11.9 Å². The van der Waals surface area contributed by atoms with Crippen LogP contribution in [-0.4, -0.2) is 49.5 Å². The van der Waals surface area contributed by atoms with Crippen LogP contribution in [0, 0.1) is 0 Å². The largest absolute Gasteiger partial charge is 0.350 e. The van der Waals surface area contributed by atoms with E-state index in [0.717, 1.165) is 16.1 Å². The lowest BCUT2D eigenvalue weighted by Gasteiger charge is -2.35. The zero-order valence-electron chi connectivity index (χ0n) is 22.4. The van der Waals surface area contributed by atoms with Crippen LogP contribution in [-0.2, 0) is 32.6 Å². The second-order valence-electron chi connectivity index (χ2n) is 10.3. The van der Waals surface area contributed by atoms with Gasteiger partial charge in [-0.05, 0) is 56.2 Å². The second-order valence-corrected chi connectivity index (χ2v) is 13.1. The van der Waals surface area contributed by atoms with E-state index in [0.29, 0.717) is 15.6 Å². The van der Waals surface area contributed by atoms with Crippen LogP contribution in [0.2, 0.25) is 10.0 Å². The average molecular weight is 591 g/mol. The van der Waals surface area contributed by atoms with Crippen LogP contribution in [0.4, 0.5) is 5.69 Å². The number of nitrogens with zero attached hydrogens (tertiary/aromatic N) is 2. The molecular weight excluding hydrogens is 557 g/mol. The minimum atomic E-state index is -3.88. The second kappa shape index (κ2) is 12.9. The van der Waals surface area contributed by atoms with E-state index >= 15 is 0 Å². The molecule has 0 saturated carbocycles. The van der Waals surface area contributed by atoms with Gasteiger partial charge >= 0.3 is 0 Å². The van der Waals surface area contributed by atoms with Crippen molar-refractivity contribution in [3.63, 3.8) is 0 Å². The number of sulfonamides is 1. The van der Waals surface area contributed by atoms with E-state index in [1.807, 2.05) is 51.1 Å². The molecule has 3 rings (SSSR count). The molecule has 0 aromatic heterocycles. The maximum absolute atomic E-state index is 14.0. The Morgan fingerprint density at radius 2 is 1.56 bits per heavy atom. The van der Waals surface area contributed by atoms with Crippen molar-refractivity contribution < 1.29 is 18.0 Å². The SMILES string of the molecule is CC(C)(C)NC(=O)[C@@H](Cc1ccccc1)N(Cc1ccccc1Cl)C(=O)CN(c1cccc(Cl)c1)S(C)(=O)=O. The number of hydrogen-bond donors (Lipinski definition) is 1. The van der Waals surface area contributed by atoms with Gasteiger partial charge in [-0.15, -0.1) is 0 Å². The van der Waals surface area contributed by atoms with Crippen molar-refractivity contribution in [2.75, 3.05) is 17.1 Å². The highest BCUT2D eigenvalue weighted by Crippen LogP contribution is 2.24. The van der Waals surface area contributed by atoms with Gasteiger partial charge in [-0.25, -0.2) is 8.42 Å². The van der Waals surface area contributed by atoms with Crippen LogP contribution < -0.4 is 9.62 Å². The third kappa shape index (κ3) is 8.98. The summed E-state index contributed by atoms with van der Waals surface area (Å²) in [5, 5.41) is 3.74. The molecule has 0 unspecified atom stereocenters. The van der Waals surface area contributed by atoms with E-state index in [4.69, 9.17) is 23.2 Å². The third-order valence-electron chi connectivity index (χ3n) is 5.84. The number of anilines is 1. The maximum Gasteiger partial charge on any atom is 0.244 e. The molecule has 0 aliphatic rings. The van der Waals surface area contributed by atoms with E-state index in [9.17, 15) is 18.0 Å². The lowest BCUT2D eigenvalue weighted by Crippen LogP contribution is -2.56. The fraction of sp³-hybridized carbons (Fsp3) is 0.310. The molecular formula is C29H33Cl2N3O4S. The van der Waals surface area contributed by atoms with Gasteiger partial charge in [0.1, 0.15) is 12.6 Å². The van der Waals surface area contributed by atoms with Crippen molar-refractivity contribution in [2.24, 2.45) is 0 Å². The molecule has 1 atom stereocenters. The first-order valence-corrected chi connectivity index (χ1v) is 15.0. The Balaban J connectivity index is 2.09. The summed E-state index contributed by atoms with van der Waals surface area (Å²) in [5.41, 5.74) is 1.15. The molecule has 0 spiro atoms. The molecule has 0 heterocycles. The minimum Gasteiger partial charge on any atom is -0.350 e. The minimum absolute atomic E-state index is 0.000712. The monoisotopic (exact) mass is 589 g/mol. The van der Waals surface area contributed by atoms with Gasteiger partial charge in [0, 0.05) is 28.5 Å². The van der Waals surface area contributed by atoms with Gasteiger partial charge in [-0.3, -0.25) is 13.9 Å². The highest BCUT2D eigenvalue weighted by Gasteiger charge is 2.34. The quantitative estimate of drug-likeness (QED) is 0.347. The van der Waals surface area contributed by atoms with Crippen molar-refractivity contribution in [1.82, 2.24) is 10.2 Å². The van der Waals surface area contributed by atoms with Crippen LogP contribution in [0.1, 0.15) is 31.9 Å². The highest BCUT2D eigenvalue weighted by molar-refractivity contribution is 7.92. The predicted molar refractivity (Wildman–Crippen MR) is 157 cm³/mol. The van der Waals surface area contributed by atoms with Crippen LogP contribution in [0.5, 0.6) is 0 Å². The molecule has 7 nitrogen and oxygen atoms in total. The Hall–Kier alpha value is -3.07. The molecule has 0 saturated heterocycles. The smallest absolute Gasteiger partial charge is 0.244 e. The molecule has 2 amide bonds. The first-order chi connectivity index (χ1) is 18.2. The molecule has 39 heavy (non-hydrogen) atoms. The van der Waals surface area contributed by atoms with Crippen LogP contribution in [0.25, 0.3) is 0 Å². The predicted octanol–water partition coefficient (Wildman–Crippen LogP) is 5.31. The Morgan fingerprint density at radius 3 is 2.15 bits per heavy atom. The first-order valence-electron chi connectivity index (χ1n) is 12.4. The molecule has 3 aromatic rings. The number of carbonyl (C=O) groups is 2. The van der Waals surface area contributed by atoms with E-state index in [-0.39, 0.29) is 24.6 Å². The number of carbonyl (C=O) groups excluding carboxylic acids is 2. The Labute approximate surface area is 240 Å². The first kappa shape index (κ1) is 30.5. The van der Waals surface area contributed by atoms with Crippen LogP contribution >= 0.6 is 23.2 Å². The Bertz CT molecular complexity index is 1410. The number of rotatable bonds is 10. The Morgan fingerprint density at radius 1 is 0.923 bits per heavy atom. The summed E-state index contributed by atoms with van der Waals surface area (Å²) >= 11 is 12.6. The van der Waals surface area contributed by atoms with Gasteiger partial charge in [0.2, 0.25) is 21.8 Å². The molecule has 1 N–H and O–H groups in total. The summed E-state index contributed by atoms with van der Waals surface area (Å²) in [4.78, 5) is 29.1. The van der Waals surface area contributed by atoms with Crippen LogP contribution in [0.3, 0.4) is 0 Å². The van der Waals surface area contributed by atoms with Gasteiger partial charge in [0.25, 0.3) is 0 Å². The van der Waals surface area contributed by atoms with Gasteiger partial charge in [-0.2, -0.15) is 0 Å². The number of halogens is 2. The highest BCUT2D eigenvalue weighted by atomic mass is 35.5. The topological polar surface area (TPSA) is 86.8 Å². The molecule has 0 fully saturated rings. The van der Waals surface area contributed by atoms with Gasteiger partial charge in [-0.1, -0.05) is 77.8 Å². The average Bonchev–Trinajstić information content (AvgIpc) is 2.84. The van der Waals surface area contributed by atoms with E-state index in [1.165, 1.54) is 11.0 Å². The lowest BCUT2D eigenvalue weighted by atomic mass is 10.0. The number of hydrogen-bond acceptors (Lipinski definition) is 4. The molecule has 208 valence electrons. The fourth-order valence-corrected chi connectivity index (χ4v) is 5.28. The zero-order chi connectivity index (χ0) is 28.8. The third-order valence-corrected chi connectivity index (χ3v) is 7.59. The molecule has 0 radical (unpaired) electrons. The normalized spacial score (nSPS) is 12.5. The van der Waals surface area contributed by atoms with Crippen molar-refractivity contribution in [2.45, 2.75) is 45.3 Å². The zero-order valence-corrected chi connectivity index (χ0v) is 24.7. The van der Waals surface area contributed by atoms with Crippen molar-refractivity contribution in [3.8, 4) is 0 Å². The number of nitrogens with one attached hydrogen (secondary N) is 1. The molecule has 3 aromatic carbocycles. The van der Waals surface area contributed by atoms with Gasteiger partial charge in [0.15, 0.2) is 0 Å². The Kier molecular flexibility index (Phi) is 10.0. The molecule has 0 aliphatic carbocycles. The molecule has 0 bridgehead atoms.